The van der Waals surface area contributed by atoms with E-state index in [9.17, 15) is 0 Å². The molecule has 2 N–H and O–H groups in total. The Hall–Kier alpha value is -0.380. The van der Waals surface area contributed by atoms with Crippen LogP contribution in [0.1, 0.15) is 11.6 Å². The van der Waals surface area contributed by atoms with Gasteiger partial charge in [0, 0.05) is 4.47 Å². The summed E-state index contributed by atoms with van der Waals surface area (Å²) in [7, 11) is 1.83. The van der Waals surface area contributed by atoms with Crippen LogP contribution >= 0.6 is 15.9 Å². The molecular weight excluding hydrogens is 218 g/mol. The Balaban J connectivity index is 2.92. The van der Waals surface area contributed by atoms with Gasteiger partial charge in [0.2, 0.25) is 0 Å². The monoisotopic (exact) mass is 229 g/mol. The number of nitrogens with one attached hydrogen (secondary N) is 1. The van der Waals surface area contributed by atoms with Crippen LogP contribution in [-0.4, -0.2) is 18.8 Å². The summed E-state index contributed by atoms with van der Waals surface area (Å²) in [6, 6.07) is 7.88. The fraction of sp³-hybridized carbons (Fsp3) is 0.333. The zero-order valence-electron chi connectivity index (χ0n) is 6.92. The molecule has 0 aliphatic carbocycles. The first kappa shape index (κ1) is 9.71. The lowest BCUT2D eigenvalue weighted by Crippen LogP contribution is -2.20. The summed E-state index contributed by atoms with van der Waals surface area (Å²) < 4.78 is 1.03. The molecule has 0 fully saturated rings. The summed E-state index contributed by atoms with van der Waals surface area (Å²) in [4.78, 5) is 0. The van der Waals surface area contributed by atoms with Gasteiger partial charge in [0.1, 0.15) is 0 Å². The van der Waals surface area contributed by atoms with Gasteiger partial charge >= 0.3 is 0 Å². The van der Waals surface area contributed by atoms with Crippen LogP contribution in [0.2, 0.25) is 0 Å². The van der Waals surface area contributed by atoms with E-state index in [0.717, 1.165) is 10.0 Å². The highest BCUT2D eigenvalue weighted by Crippen LogP contribution is 2.22. The fourth-order valence-corrected chi connectivity index (χ4v) is 1.66. The molecule has 0 bridgehead atoms. The molecule has 0 aliphatic heterocycles. The van der Waals surface area contributed by atoms with E-state index >= 15 is 0 Å². The molecule has 1 rings (SSSR count). The second-order valence-electron chi connectivity index (χ2n) is 2.55. The van der Waals surface area contributed by atoms with Crippen molar-refractivity contribution in [2.45, 2.75) is 6.04 Å². The van der Waals surface area contributed by atoms with Crippen molar-refractivity contribution >= 4 is 15.9 Å². The van der Waals surface area contributed by atoms with Gasteiger partial charge in [-0.25, -0.2) is 0 Å². The van der Waals surface area contributed by atoms with Crippen LogP contribution in [0.3, 0.4) is 0 Å². The molecule has 0 radical (unpaired) electrons. The van der Waals surface area contributed by atoms with Crippen molar-refractivity contribution < 1.29 is 5.11 Å². The smallest absolute Gasteiger partial charge is 0.0626 e. The maximum absolute atomic E-state index is 9.02. The van der Waals surface area contributed by atoms with Crippen LogP contribution in [0, 0.1) is 0 Å². The minimum atomic E-state index is 0.0144. The van der Waals surface area contributed by atoms with Gasteiger partial charge in [0.05, 0.1) is 12.6 Å². The molecule has 1 atom stereocenters. The molecule has 66 valence electrons. The fourth-order valence-electron chi connectivity index (χ4n) is 1.10. The Morgan fingerprint density at radius 2 is 2.17 bits per heavy atom. The van der Waals surface area contributed by atoms with Gasteiger partial charge < -0.3 is 10.4 Å². The number of rotatable bonds is 3. The summed E-state index contributed by atoms with van der Waals surface area (Å²) in [5.41, 5.74) is 1.09. The molecule has 0 aromatic heterocycles. The summed E-state index contributed by atoms with van der Waals surface area (Å²) >= 11 is 3.43. The standard InChI is InChI=1S/C9H12BrNO/c1-11-9(6-12)7-4-2-3-5-8(7)10/h2-5,9,11-12H,6H2,1H3/t9-/m0/s1. The van der Waals surface area contributed by atoms with Crippen molar-refractivity contribution in [3.05, 3.63) is 34.3 Å². The number of aliphatic hydroxyl groups excluding tert-OH is 1. The highest BCUT2D eigenvalue weighted by Gasteiger charge is 2.09. The van der Waals surface area contributed by atoms with Gasteiger partial charge in [-0.15, -0.1) is 0 Å². The number of likely N-dealkylation sites (N-methyl/N-ethyl adjacent to an activating group) is 1. The second-order valence-corrected chi connectivity index (χ2v) is 3.40. The molecule has 0 saturated heterocycles. The Morgan fingerprint density at radius 1 is 1.50 bits per heavy atom. The zero-order chi connectivity index (χ0) is 8.97. The van der Waals surface area contributed by atoms with Crippen LogP contribution in [0.4, 0.5) is 0 Å². The van der Waals surface area contributed by atoms with Gasteiger partial charge in [-0.05, 0) is 18.7 Å². The third kappa shape index (κ3) is 2.06. The average Bonchev–Trinajstić information content (AvgIpc) is 2.10. The molecule has 0 aliphatic rings. The minimum Gasteiger partial charge on any atom is -0.394 e. The van der Waals surface area contributed by atoms with Crippen LogP contribution in [0.5, 0.6) is 0 Å². The summed E-state index contributed by atoms with van der Waals surface area (Å²) in [5.74, 6) is 0. The molecule has 2 nitrogen and oxygen atoms in total. The van der Waals surface area contributed by atoms with Crippen LogP contribution < -0.4 is 5.32 Å². The molecule has 0 amide bonds. The van der Waals surface area contributed by atoms with E-state index in [1.165, 1.54) is 0 Å². The number of benzene rings is 1. The normalized spacial score (nSPS) is 12.9. The van der Waals surface area contributed by atoms with Gasteiger partial charge in [-0.1, -0.05) is 34.1 Å². The molecule has 0 saturated carbocycles. The first-order valence-electron chi connectivity index (χ1n) is 3.82. The van der Waals surface area contributed by atoms with E-state index in [1.807, 2.05) is 31.3 Å². The topological polar surface area (TPSA) is 32.3 Å². The predicted octanol–water partition coefficient (Wildman–Crippen LogP) is 1.70. The molecule has 1 aromatic rings. The summed E-state index contributed by atoms with van der Waals surface area (Å²) in [6.45, 7) is 0.110. The van der Waals surface area contributed by atoms with E-state index in [1.54, 1.807) is 0 Å². The van der Waals surface area contributed by atoms with Crippen molar-refractivity contribution in [1.29, 1.82) is 0 Å². The van der Waals surface area contributed by atoms with Crippen LogP contribution in [0.25, 0.3) is 0 Å². The summed E-state index contributed by atoms with van der Waals surface area (Å²) in [6.07, 6.45) is 0. The maximum atomic E-state index is 9.02. The lowest BCUT2D eigenvalue weighted by atomic mass is 10.1. The van der Waals surface area contributed by atoms with E-state index in [0.29, 0.717) is 0 Å². The predicted molar refractivity (Wildman–Crippen MR) is 53.0 cm³/mol. The van der Waals surface area contributed by atoms with Gasteiger partial charge in [-0.3, -0.25) is 0 Å². The quantitative estimate of drug-likeness (QED) is 0.828. The van der Waals surface area contributed by atoms with Crippen molar-refractivity contribution in [1.82, 2.24) is 5.32 Å². The van der Waals surface area contributed by atoms with Crippen LogP contribution in [-0.2, 0) is 0 Å². The number of halogens is 1. The van der Waals surface area contributed by atoms with Gasteiger partial charge in [-0.2, -0.15) is 0 Å². The lowest BCUT2D eigenvalue weighted by Gasteiger charge is -2.14. The van der Waals surface area contributed by atoms with Gasteiger partial charge in [0.25, 0.3) is 0 Å². The van der Waals surface area contributed by atoms with E-state index in [2.05, 4.69) is 21.2 Å². The first-order chi connectivity index (χ1) is 5.79. The lowest BCUT2D eigenvalue weighted by molar-refractivity contribution is 0.250. The average molecular weight is 230 g/mol. The van der Waals surface area contributed by atoms with Crippen molar-refractivity contribution in [2.24, 2.45) is 0 Å². The Bertz CT molecular complexity index is 248. The Morgan fingerprint density at radius 3 is 2.67 bits per heavy atom. The first-order valence-corrected chi connectivity index (χ1v) is 4.61. The number of hydrogen-bond donors (Lipinski definition) is 2. The van der Waals surface area contributed by atoms with Crippen LogP contribution in [0.15, 0.2) is 28.7 Å². The molecule has 1 aromatic carbocycles. The molecule has 0 unspecified atom stereocenters. The SMILES string of the molecule is CN[C@@H](CO)c1ccccc1Br. The minimum absolute atomic E-state index is 0.0144. The number of hydrogen-bond acceptors (Lipinski definition) is 2. The molecule has 0 heterocycles. The Kier molecular flexibility index (Phi) is 3.72. The molecule has 0 spiro atoms. The second kappa shape index (κ2) is 4.60. The largest absolute Gasteiger partial charge is 0.394 e. The summed E-state index contributed by atoms with van der Waals surface area (Å²) in [5, 5.41) is 12.0. The molecule has 3 heteroatoms. The zero-order valence-corrected chi connectivity index (χ0v) is 8.51. The third-order valence-corrected chi connectivity index (χ3v) is 2.53. The van der Waals surface area contributed by atoms with Gasteiger partial charge in [0.15, 0.2) is 0 Å². The molecule has 12 heavy (non-hydrogen) atoms. The van der Waals surface area contributed by atoms with E-state index in [-0.39, 0.29) is 12.6 Å². The Labute approximate surface area is 80.7 Å². The van der Waals surface area contributed by atoms with Crippen molar-refractivity contribution in [2.75, 3.05) is 13.7 Å². The van der Waals surface area contributed by atoms with E-state index in [4.69, 9.17) is 5.11 Å². The highest BCUT2D eigenvalue weighted by molar-refractivity contribution is 9.10. The third-order valence-electron chi connectivity index (χ3n) is 1.81. The maximum Gasteiger partial charge on any atom is 0.0626 e. The highest BCUT2D eigenvalue weighted by atomic mass is 79.9. The van der Waals surface area contributed by atoms with Crippen molar-refractivity contribution in [3.63, 3.8) is 0 Å². The molecular formula is C9H12BrNO. The van der Waals surface area contributed by atoms with Crippen molar-refractivity contribution in [3.8, 4) is 0 Å². The van der Waals surface area contributed by atoms with E-state index < -0.39 is 0 Å². The number of aliphatic hydroxyl groups is 1.